The largest absolute Gasteiger partial charge is 0.870 e. The molecule has 0 aromatic heterocycles. The molecule has 0 heterocycles. The van der Waals surface area contributed by atoms with Crippen LogP contribution in [0.4, 0.5) is 0 Å². The molecular weight excluding hydrogens is 1840 g/mol. The zero-order valence-electron chi connectivity index (χ0n) is 25.3. The minimum atomic E-state index is -5.39. The van der Waals surface area contributed by atoms with E-state index in [1.54, 1.807) is 0 Å². The Hall–Kier alpha value is 6.89. The second-order valence-corrected chi connectivity index (χ2v) is 1.34. The van der Waals surface area contributed by atoms with E-state index in [4.69, 9.17) is 19.2 Å². The summed E-state index contributed by atoms with van der Waals surface area (Å²) in [5.74, 6) is 0. The van der Waals surface area contributed by atoms with Gasteiger partial charge in [-0.25, -0.2) is 0 Å². The maximum absolute atomic E-state index is 8.55. The first-order valence-electron chi connectivity index (χ1n) is 0.730. The summed E-state index contributed by atoms with van der Waals surface area (Å²) in [7, 11) is -5.39. The van der Waals surface area contributed by atoms with E-state index >= 15 is 0 Å². The molecule has 0 rings (SSSR count). The van der Waals surface area contributed by atoms with Gasteiger partial charge in [0.2, 0.25) is 0 Å². The molecule has 0 saturated carbocycles. The summed E-state index contributed by atoms with van der Waals surface area (Å²) in [5, 5.41) is 0. The van der Waals surface area contributed by atoms with Gasteiger partial charge in [0, 0.05) is 253 Å². The molecule has 0 aromatic carbocycles. The summed E-state index contributed by atoms with van der Waals surface area (Å²) in [4.78, 5) is 25.6. The Labute approximate surface area is 476 Å². The van der Waals surface area contributed by atoms with Crippen molar-refractivity contribution in [3.05, 3.63) is 0 Å². The van der Waals surface area contributed by atoms with Crippen LogP contribution < -0.4 is 14.7 Å². The molecule has 0 aliphatic rings. The zero-order valence-corrected chi connectivity index (χ0v) is 50.3. The van der Waals surface area contributed by atoms with Crippen LogP contribution in [0, 0.1) is 0 Å². The van der Waals surface area contributed by atoms with Crippen LogP contribution in [0.15, 0.2) is 0 Å². The van der Waals surface area contributed by atoms with Crippen molar-refractivity contribution < 1.29 is 475 Å². The number of hydrogen-bond acceptors (Lipinski definition) is 7. The first kappa shape index (κ1) is 1840. The third kappa shape index (κ3) is 4160. The summed E-state index contributed by atoms with van der Waals surface area (Å²) in [6.07, 6.45) is 0. The molecule has 41 nitrogen and oxygen atoms in total. The molecule has 0 aliphatic heterocycles. The van der Waals surface area contributed by atoms with Crippen molar-refractivity contribution in [2.75, 3.05) is 0 Å². The molecule has 0 unspecified atom stereocenters. The molecule has 400 valence electrons. The van der Waals surface area contributed by atoms with Crippen molar-refractivity contribution in [1.29, 1.82) is 0 Å². The third-order valence-corrected chi connectivity index (χ3v) is 0. The van der Waals surface area contributed by atoms with Gasteiger partial charge in [-0.15, -0.1) is 0 Å². The fraction of sp³-hybridized carbons (Fsp3) is 0. The minimum Gasteiger partial charge on any atom is -0.870 e. The minimum absolute atomic E-state index is 0. The second kappa shape index (κ2) is 1250. The second-order valence-electron chi connectivity index (χ2n) is 0.447. The molecule has 0 radical (unpaired) electrons. The topological polar surface area (TPSA) is 1250 Å². The van der Waals surface area contributed by atoms with Crippen LogP contribution in [-0.4, -0.2) is 203 Å². The number of hydrogen-bond donors (Lipinski definition) is 0. The monoisotopic (exact) mass is 1930 g/mol. The standard InChI is InChI=1S/12Mo.H3O4P.37H2O/c;;;;;;;;;;;;1-5(2,3)4;;;;;;;;;;;;;;;;;;;;;;;;;;;;;;;;;;;;;/h;;;;;;;;;;;;(H3,1,2,3,4);37*1H2/p-6. The predicted molar refractivity (Wildman–Crippen MR) is 136 cm³/mol. The van der Waals surface area contributed by atoms with E-state index in [0.29, 0.717) is 0 Å². The molecule has 0 fully saturated rings. The van der Waals surface area contributed by atoms with Gasteiger partial charge in [-0.05, 0) is 0 Å². The molecule has 0 saturated heterocycles. The maximum atomic E-state index is 8.55. The molecule has 0 amide bonds. The van der Waals surface area contributed by atoms with Crippen LogP contribution in [0.3, 0.4) is 0 Å². The zero-order chi connectivity index (χ0) is 4.50. The molecule has 54 heavy (non-hydrogen) atoms. The fourth-order valence-electron chi connectivity index (χ4n) is 0. The molecule has 71 N–H and O–H groups in total. The van der Waals surface area contributed by atoms with E-state index < -0.39 is 7.82 Å². The van der Waals surface area contributed by atoms with Crippen molar-refractivity contribution >= 4 is 7.82 Å². The van der Waals surface area contributed by atoms with Gasteiger partial charge >= 0.3 is 0 Å². The Morgan fingerprint density at radius 3 is 0.167 bits per heavy atom. The molecule has 54 heteroatoms. The van der Waals surface area contributed by atoms with Crippen LogP contribution in [0.25, 0.3) is 0 Å². The smallest absolute Gasteiger partial charge is 0 e. The molecular formula is H71Mo12O41P-6. The average Bonchev–Trinajstić information content (AvgIpc) is 0.722. The summed E-state index contributed by atoms with van der Waals surface area (Å²) in [6.45, 7) is 0. The van der Waals surface area contributed by atoms with Crippen molar-refractivity contribution in [3.8, 4) is 0 Å². The molecule has 0 bridgehead atoms. The van der Waals surface area contributed by atoms with Crippen molar-refractivity contribution in [3.63, 3.8) is 0 Å². The molecule has 0 atom stereocenters. The summed E-state index contributed by atoms with van der Waals surface area (Å²) in [5.41, 5.74) is 0. The quantitative estimate of drug-likeness (QED) is 0.166. The van der Waals surface area contributed by atoms with E-state index in [9.17, 15) is 0 Å². The van der Waals surface area contributed by atoms with Crippen molar-refractivity contribution in [2.45, 2.75) is 0 Å². The van der Waals surface area contributed by atoms with Gasteiger partial charge in [0.15, 0.2) is 0 Å². The Morgan fingerprint density at radius 1 is 0.167 bits per heavy atom. The Balaban J connectivity index is -0.0000000000680. The summed E-state index contributed by atoms with van der Waals surface area (Å²) >= 11 is 0. The molecule has 0 aliphatic carbocycles. The van der Waals surface area contributed by atoms with Crippen LogP contribution >= 0.6 is 7.82 Å². The van der Waals surface area contributed by atoms with E-state index in [1.807, 2.05) is 0 Å². The van der Waals surface area contributed by atoms with Gasteiger partial charge in [0.1, 0.15) is 0 Å². The third-order valence-electron chi connectivity index (χ3n) is 0. The van der Waals surface area contributed by atoms with Crippen molar-refractivity contribution in [1.82, 2.24) is 0 Å². The Kier molecular flexibility index (Phi) is 42600. The van der Waals surface area contributed by atoms with Crippen LogP contribution in [0.1, 0.15) is 0 Å². The van der Waals surface area contributed by atoms with Crippen molar-refractivity contribution in [2.24, 2.45) is 0 Å². The van der Waals surface area contributed by atoms with Gasteiger partial charge in [-0.3, -0.25) is 0 Å². The first-order chi connectivity index (χ1) is 2.00. The summed E-state index contributed by atoms with van der Waals surface area (Å²) < 4.78 is 8.55. The number of phosphoric acid groups is 1. The van der Waals surface area contributed by atoms with Gasteiger partial charge in [0.05, 0.1) is 0 Å². The normalized spacial score (nSPS) is 1.09. The maximum Gasteiger partial charge on any atom is 0 e. The SMILES string of the molecule is O.O.O.O.O.O.O.O.O.O.O.O.O.O.O.O.O.O.O.O.O.O.O.O.O.O.O.O.O.O.O.O.O.O.O=P([O-])([O-])[O-].[Mo].[Mo].[Mo].[Mo].[Mo].[Mo].[Mo].[Mo].[Mo].[Mo].[Mo].[Mo].[OH-].[OH-].[OH-]. The van der Waals surface area contributed by atoms with Crippen LogP contribution in [0.5, 0.6) is 0 Å². The van der Waals surface area contributed by atoms with E-state index in [0.717, 1.165) is 0 Å². The average molecular weight is 1910 g/mol. The van der Waals surface area contributed by atoms with Gasteiger partial charge < -0.3 is 222 Å². The fourth-order valence-corrected chi connectivity index (χ4v) is 0. The van der Waals surface area contributed by atoms with Gasteiger partial charge in [-0.1, -0.05) is 0 Å². The van der Waals surface area contributed by atoms with Gasteiger partial charge in [0.25, 0.3) is 0 Å². The Bertz CT molecular complexity index is 94.3. The summed E-state index contributed by atoms with van der Waals surface area (Å²) in [6, 6.07) is 0. The molecule has 0 aromatic rings. The van der Waals surface area contributed by atoms with E-state index in [-0.39, 0.29) is 455 Å². The molecule has 0 spiro atoms. The predicted octanol–water partition coefficient (Wildman–Crippen LogP) is -31.4. The van der Waals surface area contributed by atoms with E-state index in [2.05, 4.69) is 0 Å². The van der Waals surface area contributed by atoms with Crippen LogP contribution in [0.2, 0.25) is 0 Å². The number of rotatable bonds is 0. The van der Waals surface area contributed by atoms with E-state index in [1.165, 1.54) is 0 Å². The van der Waals surface area contributed by atoms with Crippen LogP contribution in [-0.2, 0) is 257 Å². The van der Waals surface area contributed by atoms with Gasteiger partial charge in [-0.2, -0.15) is 7.82 Å². The first-order valence-corrected chi connectivity index (χ1v) is 2.19. The Morgan fingerprint density at radius 2 is 0.167 bits per heavy atom.